The lowest BCUT2D eigenvalue weighted by Gasteiger charge is -2.14. The van der Waals surface area contributed by atoms with Crippen LogP contribution in [0.2, 0.25) is 0 Å². The Morgan fingerprint density at radius 1 is 1.11 bits per heavy atom. The summed E-state index contributed by atoms with van der Waals surface area (Å²) in [4.78, 5) is 11.5. The Kier molecular flexibility index (Phi) is 7.03. The van der Waals surface area contributed by atoms with Gasteiger partial charge in [0.1, 0.15) is 11.6 Å². The Labute approximate surface area is 165 Å². The average molecular weight is 461 g/mol. The minimum absolute atomic E-state index is 0.120. The number of anilines is 2. The lowest BCUT2D eigenvalue weighted by molar-refractivity contribution is 0.167. The van der Waals surface area contributed by atoms with Crippen LogP contribution in [0.25, 0.3) is 0 Å². The topological polar surface area (TPSA) is 93.7 Å². The molecule has 2 aromatic rings. The van der Waals surface area contributed by atoms with Crippen LogP contribution in [0.5, 0.6) is 5.75 Å². The first-order valence-corrected chi connectivity index (χ1v) is 10.2. The minimum atomic E-state index is -4.10. The van der Waals surface area contributed by atoms with Crippen LogP contribution in [0.15, 0.2) is 45.8 Å². The van der Waals surface area contributed by atoms with Crippen molar-refractivity contribution in [2.45, 2.75) is 18.7 Å². The molecule has 0 spiro atoms. The molecule has 0 aliphatic carbocycles. The van der Waals surface area contributed by atoms with E-state index < -0.39 is 21.9 Å². The Hall–Kier alpha value is -2.33. The molecule has 2 rings (SSSR count). The van der Waals surface area contributed by atoms with Crippen molar-refractivity contribution in [2.75, 3.05) is 23.3 Å². The molecule has 0 unspecified atom stereocenters. The third-order valence-electron chi connectivity index (χ3n) is 3.25. The summed E-state index contributed by atoms with van der Waals surface area (Å²) in [7, 11) is -4.10. The van der Waals surface area contributed by atoms with Crippen LogP contribution < -0.4 is 14.8 Å². The molecule has 0 atom stereocenters. The molecule has 0 radical (unpaired) electrons. The smallest absolute Gasteiger partial charge is 0.411 e. The second kappa shape index (κ2) is 9.05. The highest BCUT2D eigenvalue weighted by molar-refractivity contribution is 9.10. The molecular formula is C17H18BrFN2O5S. The number of benzene rings is 2. The molecule has 10 heteroatoms. The number of carbonyl (C=O) groups excluding carboxylic acids is 1. The van der Waals surface area contributed by atoms with Crippen LogP contribution in [0.1, 0.15) is 13.8 Å². The van der Waals surface area contributed by atoms with Gasteiger partial charge >= 0.3 is 6.09 Å². The maximum atomic E-state index is 13.9. The summed E-state index contributed by atoms with van der Waals surface area (Å²) in [6.45, 7) is 3.85. The summed E-state index contributed by atoms with van der Waals surface area (Å²) in [6.07, 6.45) is -0.750. The van der Waals surface area contributed by atoms with Crippen molar-refractivity contribution in [2.24, 2.45) is 0 Å². The number of sulfonamides is 1. The van der Waals surface area contributed by atoms with Gasteiger partial charge < -0.3 is 9.47 Å². The van der Waals surface area contributed by atoms with Crippen molar-refractivity contribution < 1.29 is 27.1 Å². The minimum Gasteiger partial charge on any atom is -0.492 e. The number of nitrogens with one attached hydrogen (secondary N) is 2. The zero-order valence-corrected chi connectivity index (χ0v) is 17.0. The van der Waals surface area contributed by atoms with Gasteiger partial charge in [0.2, 0.25) is 0 Å². The largest absolute Gasteiger partial charge is 0.492 e. The van der Waals surface area contributed by atoms with Crippen LogP contribution >= 0.6 is 15.9 Å². The van der Waals surface area contributed by atoms with Crippen molar-refractivity contribution in [3.05, 3.63) is 46.7 Å². The van der Waals surface area contributed by atoms with Gasteiger partial charge in [0.25, 0.3) is 10.0 Å². The van der Waals surface area contributed by atoms with E-state index in [1.54, 1.807) is 13.8 Å². The average Bonchev–Trinajstić information content (AvgIpc) is 2.59. The molecule has 0 bridgehead atoms. The van der Waals surface area contributed by atoms with E-state index >= 15 is 0 Å². The molecule has 2 N–H and O–H groups in total. The van der Waals surface area contributed by atoms with E-state index in [0.29, 0.717) is 11.1 Å². The predicted molar refractivity (Wildman–Crippen MR) is 103 cm³/mol. The normalized spacial score (nSPS) is 11.0. The molecule has 0 aliphatic rings. The highest BCUT2D eigenvalue weighted by Crippen LogP contribution is 2.29. The molecule has 2 aromatic carbocycles. The van der Waals surface area contributed by atoms with Crippen LogP contribution in [0.4, 0.5) is 20.6 Å². The molecule has 0 saturated heterocycles. The Balaban J connectivity index is 2.36. The van der Waals surface area contributed by atoms with Crippen molar-refractivity contribution in [3.8, 4) is 5.75 Å². The van der Waals surface area contributed by atoms with E-state index in [4.69, 9.17) is 9.47 Å². The zero-order valence-electron chi connectivity index (χ0n) is 14.6. The summed E-state index contributed by atoms with van der Waals surface area (Å²) < 4.78 is 52.0. The van der Waals surface area contributed by atoms with Crippen molar-refractivity contribution in [3.63, 3.8) is 0 Å². The number of rotatable bonds is 7. The first-order valence-electron chi connectivity index (χ1n) is 7.95. The number of ether oxygens (including phenoxy) is 2. The first-order chi connectivity index (χ1) is 12.8. The second-order valence-corrected chi connectivity index (χ2v) is 7.76. The van der Waals surface area contributed by atoms with Crippen LogP contribution in [0, 0.1) is 5.82 Å². The summed E-state index contributed by atoms with van der Waals surface area (Å²) in [6, 6.07) is 7.85. The molecule has 146 valence electrons. The Bertz CT molecular complexity index is 937. The molecule has 0 fully saturated rings. The number of halogens is 2. The van der Waals surface area contributed by atoms with Crippen LogP contribution in [-0.2, 0) is 14.8 Å². The monoisotopic (exact) mass is 460 g/mol. The molecule has 27 heavy (non-hydrogen) atoms. The maximum Gasteiger partial charge on any atom is 0.411 e. The van der Waals surface area contributed by atoms with E-state index in [-0.39, 0.29) is 28.6 Å². The lowest BCUT2D eigenvalue weighted by Crippen LogP contribution is -2.17. The van der Waals surface area contributed by atoms with Gasteiger partial charge in [0.05, 0.1) is 29.5 Å². The number of carbonyl (C=O) groups is 1. The fourth-order valence-corrected chi connectivity index (χ4v) is 3.53. The van der Waals surface area contributed by atoms with Crippen molar-refractivity contribution in [1.29, 1.82) is 0 Å². The van der Waals surface area contributed by atoms with E-state index in [2.05, 4.69) is 26.0 Å². The van der Waals surface area contributed by atoms with Gasteiger partial charge in [-0.1, -0.05) is 15.9 Å². The SMILES string of the molecule is CCOC(=O)Nc1cc(S(=O)(=O)Nc2ccc(Br)cc2F)ccc1OCC. The highest BCUT2D eigenvalue weighted by Gasteiger charge is 2.19. The summed E-state index contributed by atoms with van der Waals surface area (Å²) in [5.74, 6) is -0.455. The van der Waals surface area contributed by atoms with Gasteiger partial charge in [-0.15, -0.1) is 0 Å². The predicted octanol–water partition coefficient (Wildman–Crippen LogP) is 4.36. The third kappa shape index (κ3) is 5.57. The van der Waals surface area contributed by atoms with Crippen molar-refractivity contribution >= 4 is 43.4 Å². The number of hydrogen-bond acceptors (Lipinski definition) is 5. The maximum absolute atomic E-state index is 13.9. The highest BCUT2D eigenvalue weighted by atomic mass is 79.9. The van der Waals surface area contributed by atoms with Gasteiger partial charge in [0.15, 0.2) is 0 Å². The molecule has 0 aromatic heterocycles. The third-order valence-corrected chi connectivity index (χ3v) is 5.11. The van der Waals surface area contributed by atoms with Crippen LogP contribution in [-0.4, -0.2) is 27.7 Å². The standard InChI is InChI=1S/C17H18BrFN2O5S/c1-3-25-16-8-6-12(10-15(16)20-17(22)26-4-2)27(23,24)21-14-7-5-11(18)9-13(14)19/h5-10,21H,3-4H2,1-2H3,(H,20,22). The fourth-order valence-electron chi connectivity index (χ4n) is 2.11. The fraction of sp³-hybridized carbons (Fsp3) is 0.235. The van der Waals surface area contributed by atoms with E-state index in [1.807, 2.05) is 0 Å². The molecule has 1 amide bonds. The van der Waals surface area contributed by atoms with E-state index in [9.17, 15) is 17.6 Å². The Morgan fingerprint density at radius 2 is 1.85 bits per heavy atom. The van der Waals surface area contributed by atoms with E-state index in [0.717, 1.165) is 6.07 Å². The second-order valence-electron chi connectivity index (χ2n) is 5.17. The zero-order chi connectivity index (χ0) is 20.0. The van der Waals surface area contributed by atoms with Gasteiger partial charge in [-0.2, -0.15) is 0 Å². The van der Waals surface area contributed by atoms with Crippen molar-refractivity contribution in [1.82, 2.24) is 0 Å². The Morgan fingerprint density at radius 3 is 2.48 bits per heavy atom. The number of amides is 1. The molecular weight excluding hydrogens is 443 g/mol. The molecule has 0 aliphatic heterocycles. The molecule has 0 heterocycles. The van der Waals surface area contributed by atoms with Gasteiger partial charge in [-0.05, 0) is 50.2 Å². The molecule has 7 nitrogen and oxygen atoms in total. The summed E-state index contributed by atoms with van der Waals surface area (Å²) in [5, 5.41) is 2.43. The van der Waals surface area contributed by atoms with Gasteiger partial charge in [-0.3, -0.25) is 10.0 Å². The molecule has 0 saturated carbocycles. The summed E-state index contributed by atoms with van der Waals surface area (Å²) >= 11 is 3.11. The van der Waals surface area contributed by atoms with Gasteiger partial charge in [0, 0.05) is 4.47 Å². The lowest BCUT2D eigenvalue weighted by atomic mass is 10.3. The summed E-state index contributed by atoms with van der Waals surface area (Å²) in [5.41, 5.74) is -0.0820. The van der Waals surface area contributed by atoms with Crippen LogP contribution in [0.3, 0.4) is 0 Å². The van der Waals surface area contributed by atoms with Gasteiger partial charge in [-0.25, -0.2) is 17.6 Å². The van der Waals surface area contributed by atoms with E-state index in [1.165, 1.54) is 30.3 Å². The quantitative estimate of drug-likeness (QED) is 0.640. The number of hydrogen-bond donors (Lipinski definition) is 2. The first kappa shape index (κ1) is 21.0.